The van der Waals surface area contributed by atoms with Gasteiger partial charge in [0.05, 0.1) is 19.7 Å². The quantitative estimate of drug-likeness (QED) is 0.313. The third-order valence-corrected chi connectivity index (χ3v) is 7.73. The van der Waals surface area contributed by atoms with E-state index >= 15 is 0 Å². The summed E-state index contributed by atoms with van der Waals surface area (Å²) in [5.41, 5.74) is 3.36. The number of nitrogens with zero attached hydrogens (tertiary/aromatic N) is 5. The smallest absolute Gasteiger partial charge is 0.225 e. The van der Waals surface area contributed by atoms with Crippen LogP contribution >= 0.6 is 0 Å². The minimum Gasteiger partial charge on any atom is -0.493 e. The lowest BCUT2D eigenvalue weighted by atomic mass is 10.0. The molecule has 0 saturated carbocycles. The van der Waals surface area contributed by atoms with Gasteiger partial charge in [-0.1, -0.05) is 18.2 Å². The summed E-state index contributed by atoms with van der Waals surface area (Å²) in [6.07, 6.45) is 2.39. The molecule has 3 aromatic rings. The fraction of sp³-hybridized carbons (Fsp3) is 0.516. The Morgan fingerprint density at radius 2 is 1.71 bits per heavy atom. The van der Waals surface area contributed by atoms with Crippen LogP contribution in [0.2, 0.25) is 0 Å². The summed E-state index contributed by atoms with van der Waals surface area (Å²) in [5.74, 6) is 2.60. The van der Waals surface area contributed by atoms with E-state index in [1.165, 1.54) is 11.3 Å². The molecule has 0 atom stereocenters. The van der Waals surface area contributed by atoms with E-state index in [9.17, 15) is 4.79 Å². The molecule has 4 rings (SSSR count). The van der Waals surface area contributed by atoms with Crippen molar-refractivity contribution in [1.82, 2.24) is 19.8 Å². The number of anilines is 3. The van der Waals surface area contributed by atoms with Crippen molar-refractivity contribution in [1.29, 1.82) is 0 Å². The minimum atomic E-state index is 0.119. The summed E-state index contributed by atoms with van der Waals surface area (Å²) >= 11 is 0. The number of piperidine rings is 1. The molecule has 2 N–H and O–H groups in total. The van der Waals surface area contributed by atoms with Crippen LogP contribution in [0.1, 0.15) is 38.7 Å². The number of carbonyl (C=O) groups excluding carboxylic acids is 1. The maximum absolute atomic E-state index is 12.5. The summed E-state index contributed by atoms with van der Waals surface area (Å²) in [7, 11) is 7.44. The second-order valence-corrected chi connectivity index (χ2v) is 10.6. The van der Waals surface area contributed by atoms with E-state index in [1.54, 1.807) is 14.2 Å². The average Bonchev–Trinajstić information content (AvgIpc) is 2.98. The first kappa shape index (κ1) is 30.2. The fourth-order valence-electron chi connectivity index (χ4n) is 5.41. The molecule has 2 aromatic carbocycles. The number of rotatable bonds is 13. The lowest BCUT2D eigenvalue weighted by molar-refractivity contribution is -0.130. The molecule has 1 aromatic heterocycles. The van der Waals surface area contributed by atoms with Gasteiger partial charge in [-0.05, 0) is 44.4 Å². The van der Waals surface area contributed by atoms with Crippen LogP contribution in [0.3, 0.4) is 0 Å². The summed E-state index contributed by atoms with van der Waals surface area (Å²) in [5, 5.41) is 7.84. The van der Waals surface area contributed by atoms with Crippen LogP contribution in [-0.2, 0) is 11.3 Å². The van der Waals surface area contributed by atoms with Crippen molar-refractivity contribution >= 4 is 34.3 Å². The average molecular weight is 564 g/mol. The van der Waals surface area contributed by atoms with Crippen LogP contribution in [0.25, 0.3) is 10.9 Å². The second kappa shape index (κ2) is 14.2. The first-order chi connectivity index (χ1) is 19.9. The van der Waals surface area contributed by atoms with Crippen molar-refractivity contribution < 1.29 is 14.3 Å². The number of ether oxygens (including phenoxy) is 2. The molecule has 1 amide bonds. The number of aromatic nitrogens is 2. The molecule has 10 nitrogen and oxygen atoms in total. The van der Waals surface area contributed by atoms with Gasteiger partial charge in [-0.25, -0.2) is 4.98 Å². The van der Waals surface area contributed by atoms with Crippen molar-refractivity contribution in [2.24, 2.45) is 0 Å². The molecule has 1 aliphatic heterocycles. The molecule has 222 valence electrons. The van der Waals surface area contributed by atoms with Crippen LogP contribution in [0.15, 0.2) is 36.4 Å². The largest absolute Gasteiger partial charge is 0.493 e. The molecule has 2 heterocycles. The van der Waals surface area contributed by atoms with Gasteiger partial charge in [0, 0.05) is 83.0 Å². The highest BCUT2D eigenvalue weighted by atomic mass is 16.5. The SMILES string of the molecule is CCN(CC)C(=O)CCNc1nc(NC2CCN(Cc3ccccc3N(C)C)CC2)c2cc(OC)c(OC)cc2n1. The van der Waals surface area contributed by atoms with Gasteiger partial charge < -0.3 is 29.9 Å². The van der Waals surface area contributed by atoms with E-state index in [2.05, 4.69) is 58.8 Å². The van der Waals surface area contributed by atoms with Gasteiger partial charge in [-0.3, -0.25) is 9.69 Å². The lowest BCUT2D eigenvalue weighted by Crippen LogP contribution is -2.39. The number of nitrogens with one attached hydrogen (secondary N) is 2. The summed E-state index contributed by atoms with van der Waals surface area (Å²) in [4.78, 5) is 28.6. The Balaban J connectivity index is 1.48. The zero-order valence-electron chi connectivity index (χ0n) is 25.4. The van der Waals surface area contributed by atoms with E-state index < -0.39 is 0 Å². The fourth-order valence-corrected chi connectivity index (χ4v) is 5.41. The van der Waals surface area contributed by atoms with Crippen molar-refractivity contribution in [3.8, 4) is 11.5 Å². The highest BCUT2D eigenvalue weighted by Gasteiger charge is 2.22. The maximum Gasteiger partial charge on any atom is 0.225 e. The first-order valence-electron chi connectivity index (χ1n) is 14.6. The Kier molecular flexibility index (Phi) is 10.5. The van der Waals surface area contributed by atoms with Gasteiger partial charge in [0.25, 0.3) is 0 Å². The molecule has 10 heteroatoms. The number of para-hydroxylation sites is 1. The predicted molar refractivity (Wildman–Crippen MR) is 166 cm³/mol. The predicted octanol–water partition coefficient (Wildman–Crippen LogP) is 4.46. The monoisotopic (exact) mass is 563 g/mol. The second-order valence-electron chi connectivity index (χ2n) is 10.6. The Morgan fingerprint density at radius 1 is 1.02 bits per heavy atom. The van der Waals surface area contributed by atoms with Crippen LogP contribution < -0.4 is 25.0 Å². The molecule has 41 heavy (non-hydrogen) atoms. The molecule has 0 bridgehead atoms. The van der Waals surface area contributed by atoms with Crippen LogP contribution in [-0.4, -0.2) is 92.8 Å². The summed E-state index contributed by atoms with van der Waals surface area (Å²) < 4.78 is 11.1. The number of likely N-dealkylation sites (tertiary alicyclic amines) is 1. The van der Waals surface area contributed by atoms with Gasteiger partial charge in [-0.2, -0.15) is 4.98 Å². The Bertz CT molecular complexity index is 1300. The van der Waals surface area contributed by atoms with Crippen molar-refractivity contribution in [2.45, 2.75) is 45.7 Å². The number of carbonyl (C=O) groups is 1. The van der Waals surface area contributed by atoms with Gasteiger partial charge >= 0.3 is 0 Å². The van der Waals surface area contributed by atoms with E-state index in [-0.39, 0.29) is 11.9 Å². The Hall–Kier alpha value is -3.79. The van der Waals surface area contributed by atoms with E-state index in [4.69, 9.17) is 19.4 Å². The normalized spacial score (nSPS) is 14.1. The number of benzene rings is 2. The number of fused-ring (bicyclic) bond motifs is 1. The molecule has 1 fully saturated rings. The van der Waals surface area contributed by atoms with Crippen molar-refractivity contribution in [3.05, 3.63) is 42.0 Å². The molecular weight excluding hydrogens is 518 g/mol. The molecule has 0 aliphatic carbocycles. The topological polar surface area (TPSA) is 95.1 Å². The van der Waals surface area contributed by atoms with E-state index in [0.717, 1.165) is 49.2 Å². The molecule has 0 spiro atoms. The zero-order valence-corrected chi connectivity index (χ0v) is 25.4. The van der Waals surface area contributed by atoms with Crippen LogP contribution in [0.4, 0.5) is 17.5 Å². The van der Waals surface area contributed by atoms with Gasteiger partial charge in [0.2, 0.25) is 11.9 Å². The number of methoxy groups -OCH3 is 2. The highest BCUT2D eigenvalue weighted by Crippen LogP contribution is 2.35. The van der Waals surface area contributed by atoms with Gasteiger partial charge in [0.15, 0.2) is 11.5 Å². The maximum atomic E-state index is 12.5. The van der Waals surface area contributed by atoms with E-state index in [0.29, 0.717) is 43.5 Å². The minimum absolute atomic E-state index is 0.119. The standard InChI is InChI=1S/C31H45N7O3/c1-7-38(8-2)29(39)13-16-32-31-34-25-20-28(41-6)27(40-5)19-24(25)30(35-31)33-23-14-17-37(18-15-23)21-22-11-9-10-12-26(22)36(3)4/h9-12,19-20,23H,7-8,13-18,21H2,1-6H3,(H2,32,33,34,35). The number of hydrogen-bond acceptors (Lipinski definition) is 9. The zero-order chi connectivity index (χ0) is 29.4. The third-order valence-electron chi connectivity index (χ3n) is 7.73. The van der Waals surface area contributed by atoms with Crippen LogP contribution in [0.5, 0.6) is 11.5 Å². The van der Waals surface area contributed by atoms with Gasteiger partial charge in [-0.15, -0.1) is 0 Å². The lowest BCUT2D eigenvalue weighted by Gasteiger charge is -2.33. The number of hydrogen-bond donors (Lipinski definition) is 2. The van der Waals surface area contributed by atoms with Crippen LogP contribution in [0, 0.1) is 0 Å². The third kappa shape index (κ3) is 7.49. The Labute approximate surface area is 244 Å². The molecule has 1 saturated heterocycles. The number of amides is 1. The van der Waals surface area contributed by atoms with Crippen molar-refractivity contribution in [2.75, 3.05) is 76.6 Å². The van der Waals surface area contributed by atoms with Gasteiger partial charge in [0.1, 0.15) is 5.82 Å². The molecule has 1 aliphatic rings. The molecular formula is C31H45N7O3. The van der Waals surface area contributed by atoms with Crippen molar-refractivity contribution in [3.63, 3.8) is 0 Å². The molecule has 0 radical (unpaired) electrons. The highest BCUT2D eigenvalue weighted by molar-refractivity contribution is 5.93. The van der Waals surface area contributed by atoms with E-state index in [1.807, 2.05) is 30.9 Å². The Morgan fingerprint density at radius 3 is 2.37 bits per heavy atom. The summed E-state index contributed by atoms with van der Waals surface area (Å²) in [6.45, 7) is 8.80. The first-order valence-corrected chi connectivity index (χ1v) is 14.6. The molecule has 0 unspecified atom stereocenters. The summed E-state index contributed by atoms with van der Waals surface area (Å²) in [6, 6.07) is 12.7.